The summed E-state index contributed by atoms with van der Waals surface area (Å²) in [6.45, 7) is 4.14. The van der Waals surface area contributed by atoms with Crippen LogP contribution in [0.2, 0.25) is 0 Å². The fourth-order valence-electron chi connectivity index (χ4n) is 3.57. The van der Waals surface area contributed by atoms with Crippen LogP contribution in [0.15, 0.2) is 36.4 Å². The number of aromatic nitrogens is 1. The average molecular weight is 362 g/mol. The average Bonchev–Trinajstić information content (AvgIpc) is 3.09. The second-order valence-corrected chi connectivity index (χ2v) is 8.21. The number of benzene rings is 2. The van der Waals surface area contributed by atoms with Crippen LogP contribution < -0.4 is 0 Å². The summed E-state index contributed by atoms with van der Waals surface area (Å²) < 4.78 is 31.5. The molecule has 4 rings (SSSR count). The fourth-order valence-corrected chi connectivity index (χ4v) is 4.76. The highest BCUT2D eigenvalue weighted by atomic mass is 32.2. The Bertz CT molecular complexity index is 867. The number of rotatable bonds is 4. The zero-order valence-corrected chi connectivity index (χ0v) is 14.8. The van der Waals surface area contributed by atoms with Crippen molar-refractivity contribution in [2.45, 2.75) is 31.2 Å². The molecule has 1 aliphatic heterocycles. The van der Waals surface area contributed by atoms with Gasteiger partial charge in [0.05, 0.1) is 12.6 Å². The van der Waals surface area contributed by atoms with E-state index in [2.05, 4.69) is 11.2 Å². The molecule has 1 fully saturated rings. The number of aliphatic hydroxyl groups is 1. The summed E-state index contributed by atoms with van der Waals surface area (Å²) in [7, 11) is 0. The maximum atomic E-state index is 13.7. The van der Waals surface area contributed by atoms with Gasteiger partial charge in [-0.1, -0.05) is 18.9 Å². The van der Waals surface area contributed by atoms with E-state index < -0.39 is 6.10 Å². The van der Waals surface area contributed by atoms with E-state index >= 15 is 0 Å². The number of halogens is 2. The largest absolute Gasteiger partial charge is 0.390 e. The molecule has 2 aromatic carbocycles. The molecule has 0 radical (unpaired) electrons. The van der Waals surface area contributed by atoms with Crippen molar-refractivity contribution in [3.63, 3.8) is 0 Å². The van der Waals surface area contributed by atoms with Crippen molar-refractivity contribution < 1.29 is 13.9 Å². The van der Waals surface area contributed by atoms with Crippen LogP contribution in [-0.4, -0.2) is 38.4 Å². The Kier molecular flexibility index (Phi) is 4.43. The van der Waals surface area contributed by atoms with Crippen molar-refractivity contribution in [3.05, 3.63) is 48.0 Å². The zero-order valence-electron chi connectivity index (χ0n) is 14.0. The molecular weight excluding hydrogens is 342 g/mol. The summed E-state index contributed by atoms with van der Waals surface area (Å²) in [6.07, 6.45) is 0.581. The van der Waals surface area contributed by atoms with Crippen LogP contribution in [0, 0.1) is 11.6 Å². The molecule has 0 saturated carbocycles. The summed E-state index contributed by atoms with van der Waals surface area (Å²) in [5.41, 5.74) is 1.62. The highest BCUT2D eigenvalue weighted by Gasteiger charge is 2.23. The molecule has 132 valence electrons. The third-order valence-electron chi connectivity index (χ3n) is 4.71. The maximum absolute atomic E-state index is 13.7. The molecular formula is C19H20F2N2OS. The van der Waals surface area contributed by atoms with Crippen LogP contribution in [0.4, 0.5) is 8.78 Å². The van der Waals surface area contributed by atoms with Crippen LogP contribution >= 0.6 is 11.9 Å². The molecule has 25 heavy (non-hydrogen) atoms. The normalized spacial score (nSPS) is 19.9. The van der Waals surface area contributed by atoms with Gasteiger partial charge in [0, 0.05) is 40.1 Å². The lowest BCUT2D eigenvalue weighted by molar-refractivity contribution is 0.135. The van der Waals surface area contributed by atoms with Gasteiger partial charge in [-0.25, -0.2) is 13.1 Å². The van der Waals surface area contributed by atoms with Gasteiger partial charge in [-0.3, -0.25) is 0 Å². The molecule has 0 spiro atoms. The van der Waals surface area contributed by atoms with E-state index in [-0.39, 0.29) is 11.6 Å². The number of fused-ring (bicyclic) bond motifs is 3. The quantitative estimate of drug-likeness (QED) is 0.706. The first-order chi connectivity index (χ1) is 12.0. The van der Waals surface area contributed by atoms with Crippen LogP contribution in [0.25, 0.3) is 21.8 Å². The maximum Gasteiger partial charge on any atom is 0.123 e. The molecule has 0 amide bonds. The minimum absolute atomic E-state index is 0.348. The highest BCUT2D eigenvalue weighted by Crippen LogP contribution is 2.31. The predicted octanol–water partition coefficient (Wildman–Crippen LogP) is 4.18. The Morgan fingerprint density at radius 1 is 1.08 bits per heavy atom. The fraction of sp³-hybridized carbons (Fsp3) is 0.368. The summed E-state index contributed by atoms with van der Waals surface area (Å²) in [6, 6.07) is 9.05. The van der Waals surface area contributed by atoms with Crippen LogP contribution in [0.3, 0.4) is 0 Å². The molecule has 3 nitrogen and oxygen atoms in total. The zero-order chi connectivity index (χ0) is 17.6. The van der Waals surface area contributed by atoms with E-state index in [4.69, 9.17) is 0 Å². The Morgan fingerprint density at radius 2 is 1.68 bits per heavy atom. The third-order valence-corrected chi connectivity index (χ3v) is 5.94. The molecule has 1 saturated heterocycles. The predicted molar refractivity (Wildman–Crippen MR) is 98.6 cm³/mol. The van der Waals surface area contributed by atoms with E-state index in [0.717, 1.165) is 24.0 Å². The number of nitrogens with zero attached hydrogens (tertiary/aromatic N) is 2. The summed E-state index contributed by atoms with van der Waals surface area (Å²) >= 11 is 1.78. The lowest BCUT2D eigenvalue weighted by Gasteiger charge is -2.20. The van der Waals surface area contributed by atoms with Gasteiger partial charge in [0.1, 0.15) is 11.6 Å². The van der Waals surface area contributed by atoms with Crippen molar-refractivity contribution in [1.82, 2.24) is 8.87 Å². The van der Waals surface area contributed by atoms with E-state index in [0.29, 0.717) is 29.1 Å². The number of β-amino-alcohol motifs (C(OH)–C–C–N with tert-alkyl or cyclic N) is 1. The number of hydrogen-bond donors (Lipinski definition) is 1. The van der Waals surface area contributed by atoms with Crippen molar-refractivity contribution in [1.29, 1.82) is 0 Å². The Hall–Kier alpha value is -1.63. The van der Waals surface area contributed by atoms with Gasteiger partial charge in [-0.05, 0) is 42.8 Å². The Balaban J connectivity index is 1.70. The van der Waals surface area contributed by atoms with Gasteiger partial charge in [0.15, 0.2) is 0 Å². The van der Waals surface area contributed by atoms with Gasteiger partial charge >= 0.3 is 0 Å². The molecule has 0 aliphatic carbocycles. The van der Waals surface area contributed by atoms with Crippen molar-refractivity contribution >= 4 is 33.8 Å². The molecule has 6 heteroatoms. The Labute approximate surface area is 149 Å². The van der Waals surface area contributed by atoms with Crippen molar-refractivity contribution in [2.75, 3.05) is 13.1 Å². The van der Waals surface area contributed by atoms with Gasteiger partial charge in [-0.2, -0.15) is 0 Å². The van der Waals surface area contributed by atoms with Gasteiger partial charge < -0.3 is 9.67 Å². The van der Waals surface area contributed by atoms with Crippen LogP contribution in [-0.2, 0) is 6.54 Å². The number of aliphatic hydroxyl groups excluding tert-OH is 1. The molecule has 1 aliphatic rings. The lowest BCUT2D eigenvalue weighted by atomic mass is 10.1. The van der Waals surface area contributed by atoms with Crippen LogP contribution in [0.5, 0.6) is 0 Å². The summed E-state index contributed by atoms with van der Waals surface area (Å²) in [5.74, 6) is -0.697. The second kappa shape index (κ2) is 6.59. The van der Waals surface area contributed by atoms with E-state index in [9.17, 15) is 13.9 Å². The smallest absolute Gasteiger partial charge is 0.123 e. The standard InChI is InChI=1S/C19H20F2N2OS/c1-12-6-7-22(25-12)10-15(24)11-23-18-4-2-13(20)8-16(18)17-9-14(21)3-5-19(17)23/h2-5,8-9,12,15,24H,6-7,10-11H2,1H3. The van der Waals surface area contributed by atoms with E-state index in [1.165, 1.54) is 24.3 Å². The first-order valence-corrected chi connectivity index (χ1v) is 9.32. The topological polar surface area (TPSA) is 28.4 Å². The van der Waals surface area contributed by atoms with Gasteiger partial charge in [-0.15, -0.1) is 0 Å². The molecule has 2 heterocycles. The molecule has 0 bridgehead atoms. The first-order valence-electron chi connectivity index (χ1n) is 8.48. The highest BCUT2D eigenvalue weighted by molar-refractivity contribution is 7.97. The lowest BCUT2D eigenvalue weighted by Crippen LogP contribution is -2.29. The van der Waals surface area contributed by atoms with Crippen molar-refractivity contribution in [3.8, 4) is 0 Å². The molecule has 1 aromatic heterocycles. The minimum Gasteiger partial charge on any atom is -0.390 e. The summed E-state index contributed by atoms with van der Waals surface area (Å²) in [4.78, 5) is 0. The molecule has 1 N–H and O–H groups in total. The first kappa shape index (κ1) is 16.8. The van der Waals surface area contributed by atoms with Crippen molar-refractivity contribution in [2.24, 2.45) is 0 Å². The summed E-state index contributed by atoms with van der Waals surface area (Å²) in [5, 5.41) is 12.5. The Morgan fingerprint density at radius 3 is 2.20 bits per heavy atom. The van der Waals surface area contributed by atoms with Crippen LogP contribution in [0.1, 0.15) is 13.3 Å². The molecule has 3 aromatic rings. The van der Waals surface area contributed by atoms with E-state index in [1.54, 1.807) is 24.1 Å². The monoisotopic (exact) mass is 362 g/mol. The SMILES string of the molecule is CC1CCN(CC(O)Cn2c3ccc(F)cc3c3cc(F)ccc32)S1. The van der Waals surface area contributed by atoms with Gasteiger partial charge in [0.2, 0.25) is 0 Å². The number of hydrogen-bond acceptors (Lipinski definition) is 3. The minimum atomic E-state index is -0.549. The molecule has 2 unspecified atom stereocenters. The van der Waals surface area contributed by atoms with E-state index in [1.807, 2.05) is 4.57 Å². The van der Waals surface area contributed by atoms with Gasteiger partial charge in [0.25, 0.3) is 0 Å². The third kappa shape index (κ3) is 3.26. The molecule has 2 atom stereocenters. The second-order valence-electron chi connectivity index (χ2n) is 6.68.